The van der Waals surface area contributed by atoms with Crippen LogP contribution >= 0.6 is 11.6 Å². The molecular weight excluding hydrogens is 410 g/mol. The smallest absolute Gasteiger partial charge is 0.179 e. The van der Waals surface area contributed by atoms with Gasteiger partial charge in [0.15, 0.2) is 11.5 Å². The maximum absolute atomic E-state index is 7.89. The Morgan fingerprint density at radius 2 is 1.84 bits per heavy atom. The normalized spacial score (nSPS) is 20.8. The topological polar surface area (TPSA) is 80.4 Å². The second kappa shape index (κ2) is 7.50. The quantitative estimate of drug-likeness (QED) is 0.394. The summed E-state index contributed by atoms with van der Waals surface area (Å²) in [6.07, 6.45) is 0.937. The molecule has 0 bridgehead atoms. The predicted octanol–water partition coefficient (Wildman–Crippen LogP) is 5.11. The molecule has 0 fully saturated rings. The zero-order valence-corrected chi connectivity index (χ0v) is 18.2. The summed E-state index contributed by atoms with van der Waals surface area (Å²) in [5, 5.41) is 12.2. The van der Waals surface area contributed by atoms with Gasteiger partial charge < -0.3 is 20.5 Å². The summed E-state index contributed by atoms with van der Waals surface area (Å²) in [5.41, 5.74) is 12.4. The highest BCUT2D eigenvalue weighted by molar-refractivity contribution is 6.33. The van der Waals surface area contributed by atoms with Gasteiger partial charge in [-0.15, -0.1) is 0 Å². The molecule has 3 aromatic carbocycles. The average Bonchev–Trinajstić information content (AvgIpc) is 3.18. The SMILES string of the molecule is COc1ccc(C2Nc3ccc(C(=N)N)cc3C3c4ccccc4CC23)c(Cl)c1OC. The van der Waals surface area contributed by atoms with Crippen molar-refractivity contribution in [3.05, 3.63) is 87.4 Å². The molecule has 0 amide bonds. The fourth-order valence-corrected chi connectivity index (χ4v) is 5.53. The molecule has 0 radical (unpaired) electrons. The first kappa shape index (κ1) is 19.8. The van der Waals surface area contributed by atoms with Gasteiger partial charge in [-0.25, -0.2) is 0 Å². The molecule has 6 heteroatoms. The molecule has 1 heterocycles. The number of hydrogen-bond acceptors (Lipinski definition) is 4. The first-order chi connectivity index (χ1) is 15.0. The lowest BCUT2D eigenvalue weighted by Gasteiger charge is -2.38. The van der Waals surface area contributed by atoms with Gasteiger partial charge in [0, 0.05) is 17.2 Å². The molecule has 0 saturated carbocycles. The maximum atomic E-state index is 7.89. The van der Waals surface area contributed by atoms with Crippen LogP contribution in [0.5, 0.6) is 11.5 Å². The first-order valence-corrected chi connectivity index (χ1v) is 10.6. The molecule has 2 aliphatic rings. The van der Waals surface area contributed by atoms with Crippen LogP contribution in [-0.2, 0) is 6.42 Å². The number of rotatable bonds is 4. The van der Waals surface area contributed by atoms with E-state index in [1.807, 2.05) is 24.3 Å². The molecule has 0 spiro atoms. The number of methoxy groups -OCH3 is 2. The van der Waals surface area contributed by atoms with Gasteiger partial charge >= 0.3 is 0 Å². The highest BCUT2D eigenvalue weighted by atomic mass is 35.5. The van der Waals surface area contributed by atoms with Crippen LogP contribution in [0, 0.1) is 11.3 Å². The molecule has 1 aliphatic heterocycles. The Bertz CT molecular complexity index is 1190. The zero-order valence-electron chi connectivity index (χ0n) is 17.4. The number of fused-ring (bicyclic) bond motifs is 5. The fourth-order valence-electron chi connectivity index (χ4n) is 5.18. The summed E-state index contributed by atoms with van der Waals surface area (Å²) in [4.78, 5) is 0. The number of nitrogens with two attached hydrogens (primary N) is 1. The van der Waals surface area contributed by atoms with Crippen molar-refractivity contribution >= 4 is 23.1 Å². The second-order valence-corrected chi connectivity index (χ2v) is 8.46. The van der Waals surface area contributed by atoms with E-state index in [4.69, 9.17) is 32.2 Å². The van der Waals surface area contributed by atoms with E-state index in [0.29, 0.717) is 16.5 Å². The highest BCUT2D eigenvalue weighted by Gasteiger charge is 2.44. The summed E-state index contributed by atoms with van der Waals surface area (Å²) < 4.78 is 11.0. The van der Waals surface area contributed by atoms with E-state index < -0.39 is 0 Å². The number of halogens is 1. The lowest BCUT2D eigenvalue weighted by atomic mass is 9.75. The van der Waals surface area contributed by atoms with Gasteiger partial charge in [-0.3, -0.25) is 5.41 Å². The zero-order chi connectivity index (χ0) is 21.7. The van der Waals surface area contributed by atoms with E-state index >= 15 is 0 Å². The Morgan fingerprint density at radius 3 is 2.58 bits per heavy atom. The van der Waals surface area contributed by atoms with E-state index in [1.54, 1.807) is 14.2 Å². The maximum Gasteiger partial charge on any atom is 0.179 e. The van der Waals surface area contributed by atoms with E-state index in [0.717, 1.165) is 23.2 Å². The highest BCUT2D eigenvalue weighted by Crippen LogP contribution is 2.55. The Kier molecular flexibility index (Phi) is 4.78. The van der Waals surface area contributed by atoms with Crippen molar-refractivity contribution in [2.45, 2.75) is 18.4 Å². The molecule has 3 atom stereocenters. The van der Waals surface area contributed by atoms with E-state index in [9.17, 15) is 0 Å². The number of benzene rings is 3. The van der Waals surface area contributed by atoms with Crippen LogP contribution in [0.2, 0.25) is 5.02 Å². The first-order valence-electron chi connectivity index (χ1n) is 10.3. The minimum absolute atomic E-state index is 0.000356. The van der Waals surface area contributed by atoms with Crippen molar-refractivity contribution in [2.75, 3.05) is 19.5 Å². The van der Waals surface area contributed by atoms with Crippen molar-refractivity contribution in [1.29, 1.82) is 5.41 Å². The third-order valence-corrected chi connectivity index (χ3v) is 6.95. The molecule has 3 unspecified atom stereocenters. The Balaban J connectivity index is 1.68. The van der Waals surface area contributed by atoms with E-state index in [1.165, 1.54) is 16.7 Å². The molecule has 5 rings (SSSR count). The molecule has 31 heavy (non-hydrogen) atoms. The van der Waals surface area contributed by atoms with E-state index in [2.05, 4.69) is 35.6 Å². The summed E-state index contributed by atoms with van der Waals surface area (Å²) in [6.45, 7) is 0. The number of anilines is 1. The molecule has 3 aromatic rings. The van der Waals surface area contributed by atoms with E-state index in [-0.39, 0.29) is 23.7 Å². The van der Waals surface area contributed by atoms with Crippen molar-refractivity contribution in [3.8, 4) is 11.5 Å². The molecule has 4 N–H and O–H groups in total. The van der Waals surface area contributed by atoms with Crippen molar-refractivity contribution in [3.63, 3.8) is 0 Å². The molecule has 158 valence electrons. The monoisotopic (exact) mass is 433 g/mol. The Morgan fingerprint density at radius 1 is 1.03 bits per heavy atom. The van der Waals surface area contributed by atoms with Gasteiger partial charge in [0.05, 0.1) is 25.3 Å². The van der Waals surface area contributed by atoms with Crippen LogP contribution in [0.1, 0.15) is 39.8 Å². The fraction of sp³-hybridized carbons (Fsp3) is 0.240. The van der Waals surface area contributed by atoms with Gasteiger partial charge in [-0.1, -0.05) is 41.9 Å². The molecule has 0 aromatic heterocycles. The summed E-state index contributed by atoms with van der Waals surface area (Å²) >= 11 is 6.83. The Hall–Kier alpha value is -3.18. The number of ether oxygens (including phenoxy) is 2. The van der Waals surface area contributed by atoms with Gasteiger partial charge in [0.1, 0.15) is 5.84 Å². The van der Waals surface area contributed by atoms with Crippen molar-refractivity contribution < 1.29 is 9.47 Å². The molecule has 1 aliphatic carbocycles. The second-order valence-electron chi connectivity index (χ2n) is 8.09. The lowest BCUT2D eigenvalue weighted by Crippen LogP contribution is -2.31. The van der Waals surface area contributed by atoms with Crippen LogP contribution in [-0.4, -0.2) is 20.1 Å². The van der Waals surface area contributed by atoms with Crippen LogP contribution in [0.4, 0.5) is 5.69 Å². The van der Waals surface area contributed by atoms with Crippen LogP contribution in [0.25, 0.3) is 0 Å². The lowest BCUT2D eigenvalue weighted by molar-refractivity contribution is 0.353. The summed E-state index contributed by atoms with van der Waals surface area (Å²) in [5.74, 6) is 1.71. The predicted molar refractivity (Wildman–Crippen MR) is 124 cm³/mol. The van der Waals surface area contributed by atoms with Crippen molar-refractivity contribution in [2.24, 2.45) is 11.7 Å². The van der Waals surface area contributed by atoms with Crippen LogP contribution in [0.3, 0.4) is 0 Å². The summed E-state index contributed by atoms with van der Waals surface area (Å²) in [6, 6.07) is 18.5. The third kappa shape index (κ3) is 3.03. The minimum Gasteiger partial charge on any atom is -0.493 e. The van der Waals surface area contributed by atoms with Crippen molar-refractivity contribution in [1.82, 2.24) is 0 Å². The molecular formula is C25H24ClN3O2. The standard InChI is InChI=1S/C25H24ClN3O2/c1-30-20-10-8-16(22(26)24(20)31-2)23-18-11-13-5-3-4-6-15(13)21(18)17-12-14(25(27)28)7-9-19(17)29-23/h3-10,12,18,21,23,29H,11H2,1-2H3,(H3,27,28). The van der Waals surface area contributed by atoms with Gasteiger partial charge in [0.2, 0.25) is 0 Å². The Labute approximate surface area is 186 Å². The molecule has 0 saturated heterocycles. The number of amidine groups is 1. The number of nitrogen functional groups attached to an aromatic ring is 1. The summed E-state index contributed by atoms with van der Waals surface area (Å²) in [7, 11) is 3.22. The van der Waals surface area contributed by atoms with Gasteiger partial charge in [-0.2, -0.15) is 0 Å². The van der Waals surface area contributed by atoms with Crippen LogP contribution < -0.4 is 20.5 Å². The number of hydrogen-bond donors (Lipinski definition) is 3. The molecule has 5 nitrogen and oxygen atoms in total. The third-order valence-electron chi connectivity index (χ3n) is 6.56. The number of nitrogens with one attached hydrogen (secondary N) is 2. The largest absolute Gasteiger partial charge is 0.493 e. The van der Waals surface area contributed by atoms with Gasteiger partial charge in [-0.05, 0) is 58.9 Å². The average molecular weight is 434 g/mol. The van der Waals surface area contributed by atoms with Crippen LogP contribution in [0.15, 0.2) is 54.6 Å². The minimum atomic E-state index is 0.000356. The van der Waals surface area contributed by atoms with Gasteiger partial charge in [0.25, 0.3) is 0 Å².